The highest BCUT2D eigenvalue weighted by atomic mass is 32.2. The number of anilines is 1. The Morgan fingerprint density at radius 2 is 2.04 bits per heavy atom. The fraction of sp³-hybridized carbons (Fsp3) is 0.333. The van der Waals surface area contributed by atoms with Gasteiger partial charge in [0.05, 0.1) is 6.61 Å². The number of fused-ring (bicyclic) bond motifs is 1. The van der Waals surface area contributed by atoms with Crippen molar-refractivity contribution < 1.29 is 14.2 Å². The van der Waals surface area contributed by atoms with E-state index in [0.29, 0.717) is 6.61 Å². The molecule has 2 aromatic rings. The lowest BCUT2D eigenvalue weighted by molar-refractivity contribution is -0.112. The van der Waals surface area contributed by atoms with Crippen LogP contribution in [0.4, 0.5) is 5.82 Å². The normalized spacial score (nSPS) is 23.5. The Labute approximate surface area is 146 Å². The molecule has 7 nitrogen and oxygen atoms in total. The fourth-order valence-corrected chi connectivity index (χ4v) is 4.92. The van der Waals surface area contributed by atoms with E-state index < -0.39 is 18.2 Å². The maximum atomic E-state index is 11.8. The minimum atomic E-state index is -0.514. The largest absolute Gasteiger partial charge is 0.383 e. The third-order valence-electron chi connectivity index (χ3n) is 3.56. The summed E-state index contributed by atoms with van der Waals surface area (Å²) in [7, 11) is 0. The molecule has 0 bridgehead atoms. The number of ether oxygens (including phenoxy) is 3. The van der Waals surface area contributed by atoms with Crippen molar-refractivity contribution in [3.63, 3.8) is 0 Å². The van der Waals surface area contributed by atoms with E-state index in [4.69, 9.17) is 19.9 Å². The Bertz CT molecular complexity index is 775. The van der Waals surface area contributed by atoms with Gasteiger partial charge in [0.15, 0.2) is 17.3 Å². The summed E-state index contributed by atoms with van der Waals surface area (Å²) in [6.45, 7) is 0.566. The fourth-order valence-electron chi connectivity index (χ4n) is 2.42. The highest BCUT2D eigenvalue weighted by molar-refractivity contribution is 8.19. The van der Waals surface area contributed by atoms with Crippen LogP contribution in [0.15, 0.2) is 51.1 Å². The molecule has 0 unspecified atom stereocenters. The van der Waals surface area contributed by atoms with Gasteiger partial charge in [-0.25, -0.2) is 4.79 Å². The zero-order valence-corrected chi connectivity index (χ0v) is 14.2. The summed E-state index contributed by atoms with van der Waals surface area (Å²) in [6.07, 6.45) is 0.533. The molecule has 0 spiro atoms. The van der Waals surface area contributed by atoms with Crippen molar-refractivity contribution >= 4 is 29.3 Å². The van der Waals surface area contributed by atoms with Gasteiger partial charge in [0.25, 0.3) is 0 Å². The second-order valence-electron chi connectivity index (χ2n) is 5.20. The average molecular weight is 365 g/mol. The number of thioether (sulfide) groups is 2. The van der Waals surface area contributed by atoms with Crippen molar-refractivity contribution in [2.45, 2.75) is 27.1 Å². The van der Waals surface area contributed by atoms with Gasteiger partial charge in [-0.1, -0.05) is 35.7 Å². The monoisotopic (exact) mass is 365 g/mol. The summed E-state index contributed by atoms with van der Waals surface area (Å²) in [6, 6.07) is 9.74. The van der Waals surface area contributed by atoms with Crippen LogP contribution in [0.5, 0.6) is 0 Å². The Morgan fingerprint density at radius 3 is 2.75 bits per heavy atom. The summed E-state index contributed by atoms with van der Waals surface area (Å²) in [5, 5.41) is 0. The van der Waals surface area contributed by atoms with Crippen molar-refractivity contribution in [1.82, 2.24) is 9.55 Å². The smallest absolute Gasteiger partial charge is 0.351 e. The third-order valence-corrected chi connectivity index (χ3v) is 6.14. The molecule has 2 aliphatic heterocycles. The van der Waals surface area contributed by atoms with E-state index in [1.54, 1.807) is 35.8 Å². The summed E-state index contributed by atoms with van der Waals surface area (Å²) >= 11 is 3.34. The van der Waals surface area contributed by atoms with Gasteiger partial charge in [-0.2, -0.15) is 4.98 Å². The van der Waals surface area contributed by atoms with Crippen molar-refractivity contribution in [3.05, 3.63) is 47.0 Å². The third kappa shape index (κ3) is 3.31. The molecule has 1 aromatic heterocycles. The SMILES string of the molecule is Nc1ccn([C@@H]2CO[C@H](COC3Sc4ccccc4S3)O2)c(=O)n1. The van der Waals surface area contributed by atoms with Gasteiger partial charge < -0.3 is 19.9 Å². The maximum absolute atomic E-state index is 11.8. The van der Waals surface area contributed by atoms with Gasteiger partial charge in [0.2, 0.25) is 0 Å². The Kier molecular flexibility index (Phi) is 4.51. The first-order valence-corrected chi connectivity index (χ1v) is 9.10. The van der Waals surface area contributed by atoms with Gasteiger partial charge in [0.1, 0.15) is 12.4 Å². The number of rotatable bonds is 4. The summed E-state index contributed by atoms with van der Waals surface area (Å²) in [5.74, 6) is 0.185. The highest BCUT2D eigenvalue weighted by Gasteiger charge is 2.30. The maximum Gasteiger partial charge on any atom is 0.351 e. The van der Waals surface area contributed by atoms with E-state index in [1.165, 1.54) is 14.4 Å². The first-order chi connectivity index (χ1) is 11.7. The molecule has 9 heteroatoms. The number of nitrogen functional groups attached to an aromatic ring is 1. The van der Waals surface area contributed by atoms with Gasteiger partial charge in [-0.15, -0.1) is 0 Å². The molecule has 126 valence electrons. The number of hydrogen-bond acceptors (Lipinski definition) is 8. The molecule has 2 aliphatic rings. The minimum Gasteiger partial charge on any atom is -0.383 e. The first-order valence-electron chi connectivity index (χ1n) is 7.35. The summed E-state index contributed by atoms with van der Waals surface area (Å²) in [4.78, 5) is 18.0. The molecule has 0 saturated carbocycles. The standard InChI is InChI=1S/C15H15N3O4S2/c16-11-5-6-18(14(19)17-11)12-7-20-13(22-12)8-21-15-23-9-3-1-2-4-10(9)24-15/h1-6,12-13,15H,7-8H2,(H2,16,17,19)/t12-,13-/m0/s1. The van der Waals surface area contributed by atoms with Crippen LogP contribution in [0.25, 0.3) is 0 Å². The summed E-state index contributed by atoms with van der Waals surface area (Å²) < 4.78 is 18.5. The lowest BCUT2D eigenvalue weighted by Crippen LogP contribution is -2.29. The number of aromatic nitrogens is 2. The van der Waals surface area contributed by atoms with Crippen LogP contribution >= 0.6 is 23.5 Å². The molecule has 3 heterocycles. The van der Waals surface area contributed by atoms with E-state index in [0.717, 1.165) is 0 Å². The van der Waals surface area contributed by atoms with Crippen LogP contribution in [0, 0.1) is 0 Å². The van der Waals surface area contributed by atoms with E-state index in [2.05, 4.69) is 17.1 Å². The molecule has 1 aromatic carbocycles. The number of benzene rings is 1. The Balaban J connectivity index is 1.31. The van der Waals surface area contributed by atoms with E-state index in [1.807, 2.05) is 12.1 Å². The lowest BCUT2D eigenvalue weighted by Gasteiger charge is -2.15. The topological polar surface area (TPSA) is 88.6 Å². The molecule has 2 atom stereocenters. The predicted molar refractivity (Wildman–Crippen MR) is 90.7 cm³/mol. The zero-order valence-electron chi connectivity index (χ0n) is 12.5. The van der Waals surface area contributed by atoms with Crippen LogP contribution in [0.3, 0.4) is 0 Å². The number of nitrogens with zero attached hydrogens (tertiary/aromatic N) is 2. The lowest BCUT2D eigenvalue weighted by atomic mass is 10.4. The quantitative estimate of drug-likeness (QED) is 0.879. The molecule has 0 amide bonds. The van der Waals surface area contributed by atoms with Gasteiger partial charge >= 0.3 is 5.69 Å². The second kappa shape index (κ2) is 6.77. The van der Waals surface area contributed by atoms with Crippen LogP contribution in [0.1, 0.15) is 6.23 Å². The van der Waals surface area contributed by atoms with E-state index in [9.17, 15) is 4.79 Å². The van der Waals surface area contributed by atoms with Gasteiger partial charge in [-0.05, 0) is 18.2 Å². The molecule has 4 rings (SSSR count). The van der Waals surface area contributed by atoms with Crippen LogP contribution < -0.4 is 11.4 Å². The Morgan fingerprint density at radius 1 is 1.29 bits per heavy atom. The second-order valence-corrected chi connectivity index (χ2v) is 7.71. The van der Waals surface area contributed by atoms with Crippen LogP contribution in [-0.4, -0.2) is 33.8 Å². The van der Waals surface area contributed by atoms with Gasteiger partial charge in [-0.3, -0.25) is 4.57 Å². The molecular weight excluding hydrogens is 350 g/mol. The molecule has 2 N–H and O–H groups in total. The van der Waals surface area contributed by atoms with Crippen molar-refractivity contribution in [2.24, 2.45) is 0 Å². The molecule has 0 radical (unpaired) electrons. The first kappa shape index (κ1) is 16.0. The van der Waals surface area contributed by atoms with E-state index >= 15 is 0 Å². The average Bonchev–Trinajstić information content (AvgIpc) is 3.19. The molecule has 1 saturated heterocycles. The number of nitrogens with two attached hydrogens (primary N) is 1. The zero-order chi connectivity index (χ0) is 16.5. The highest BCUT2D eigenvalue weighted by Crippen LogP contribution is 2.48. The minimum absolute atomic E-state index is 0.0189. The van der Waals surface area contributed by atoms with Gasteiger partial charge in [0, 0.05) is 16.0 Å². The molecule has 0 aliphatic carbocycles. The Hall–Kier alpha value is -1.52. The predicted octanol–water partition coefficient (Wildman–Crippen LogP) is 1.90. The molecule has 24 heavy (non-hydrogen) atoms. The van der Waals surface area contributed by atoms with Crippen LogP contribution in [0.2, 0.25) is 0 Å². The molecule has 1 fully saturated rings. The van der Waals surface area contributed by atoms with Crippen molar-refractivity contribution in [3.8, 4) is 0 Å². The summed E-state index contributed by atoms with van der Waals surface area (Å²) in [5.41, 5.74) is 5.03. The van der Waals surface area contributed by atoms with Crippen molar-refractivity contribution in [2.75, 3.05) is 18.9 Å². The van der Waals surface area contributed by atoms with Crippen LogP contribution in [-0.2, 0) is 14.2 Å². The number of hydrogen-bond donors (Lipinski definition) is 1. The molecular formula is C15H15N3O4S2. The van der Waals surface area contributed by atoms with E-state index in [-0.39, 0.29) is 17.2 Å². The van der Waals surface area contributed by atoms with Crippen molar-refractivity contribution in [1.29, 1.82) is 0 Å².